The van der Waals surface area contributed by atoms with Crippen LogP contribution in [0.15, 0.2) is 52.9 Å². The molecule has 0 amide bonds. The molecule has 0 bridgehead atoms. The zero-order valence-corrected chi connectivity index (χ0v) is 15.1. The lowest BCUT2D eigenvalue weighted by Gasteiger charge is -2.05. The van der Waals surface area contributed by atoms with Gasteiger partial charge in [-0.15, -0.1) is 10.2 Å². The summed E-state index contributed by atoms with van der Waals surface area (Å²) in [4.78, 5) is 0. The van der Waals surface area contributed by atoms with Crippen LogP contribution >= 0.6 is 23.1 Å². The van der Waals surface area contributed by atoms with Crippen LogP contribution in [0.2, 0.25) is 0 Å². The molecule has 8 heteroatoms. The lowest BCUT2D eigenvalue weighted by Crippen LogP contribution is -1.99. The van der Waals surface area contributed by atoms with Gasteiger partial charge in [-0.25, -0.2) is 4.39 Å². The average molecular weight is 377 g/mol. The summed E-state index contributed by atoms with van der Waals surface area (Å²) < 4.78 is 25.2. The standard InChI is InChI=1S/C17H16FN3O2S2/c1-22-12-6-8-13(9-7-12)23-10-11-24-17-21-20-16(25-17)19-15-5-3-2-4-14(15)18/h2-9H,10-11H2,1H3,(H,19,20). The highest BCUT2D eigenvalue weighted by molar-refractivity contribution is 8.01. The number of rotatable bonds is 8. The summed E-state index contributed by atoms with van der Waals surface area (Å²) >= 11 is 2.92. The number of para-hydroxylation sites is 1. The Bertz CT molecular complexity index is 812. The first-order valence-corrected chi connectivity index (χ1v) is 9.29. The molecule has 0 aliphatic heterocycles. The Morgan fingerprint density at radius 1 is 1.08 bits per heavy atom. The Balaban J connectivity index is 1.44. The lowest BCUT2D eigenvalue weighted by molar-refractivity contribution is 0.342. The summed E-state index contributed by atoms with van der Waals surface area (Å²) in [6.45, 7) is 0.548. The molecule has 0 radical (unpaired) electrons. The average Bonchev–Trinajstić information content (AvgIpc) is 3.09. The number of hydrogen-bond acceptors (Lipinski definition) is 7. The summed E-state index contributed by atoms with van der Waals surface area (Å²) in [6.07, 6.45) is 0. The minimum atomic E-state index is -0.320. The van der Waals surface area contributed by atoms with Crippen molar-refractivity contribution in [3.8, 4) is 11.5 Å². The van der Waals surface area contributed by atoms with E-state index in [0.717, 1.165) is 21.6 Å². The smallest absolute Gasteiger partial charge is 0.210 e. The molecule has 25 heavy (non-hydrogen) atoms. The van der Waals surface area contributed by atoms with Crippen molar-refractivity contribution in [2.24, 2.45) is 0 Å². The monoisotopic (exact) mass is 377 g/mol. The first kappa shape index (κ1) is 17.5. The predicted octanol–water partition coefficient (Wildman–Crippen LogP) is 4.60. The minimum absolute atomic E-state index is 0.320. The second kappa shape index (κ2) is 8.68. The van der Waals surface area contributed by atoms with Crippen molar-refractivity contribution in [2.75, 3.05) is 24.8 Å². The first-order valence-electron chi connectivity index (χ1n) is 7.49. The van der Waals surface area contributed by atoms with Gasteiger partial charge in [0.05, 0.1) is 19.4 Å². The molecule has 0 aliphatic rings. The number of nitrogens with zero attached hydrogens (tertiary/aromatic N) is 2. The SMILES string of the molecule is COc1ccc(OCCSc2nnc(Nc3ccccc3F)s2)cc1. The summed E-state index contributed by atoms with van der Waals surface area (Å²) in [7, 11) is 1.63. The van der Waals surface area contributed by atoms with Crippen LogP contribution in [0.3, 0.4) is 0 Å². The van der Waals surface area contributed by atoms with E-state index in [9.17, 15) is 4.39 Å². The van der Waals surface area contributed by atoms with Gasteiger partial charge in [-0.1, -0.05) is 35.2 Å². The van der Waals surface area contributed by atoms with Gasteiger partial charge in [-0.3, -0.25) is 0 Å². The molecule has 0 aliphatic carbocycles. The van der Waals surface area contributed by atoms with Gasteiger partial charge in [0.25, 0.3) is 0 Å². The number of methoxy groups -OCH3 is 1. The van der Waals surface area contributed by atoms with Crippen molar-refractivity contribution < 1.29 is 13.9 Å². The predicted molar refractivity (Wildman–Crippen MR) is 98.8 cm³/mol. The van der Waals surface area contributed by atoms with E-state index in [4.69, 9.17) is 9.47 Å². The molecular formula is C17H16FN3O2S2. The molecule has 2 aromatic carbocycles. The zero-order valence-electron chi connectivity index (χ0n) is 13.4. The molecule has 3 aromatic rings. The topological polar surface area (TPSA) is 56.3 Å². The Morgan fingerprint density at radius 3 is 2.60 bits per heavy atom. The van der Waals surface area contributed by atoms with Crippen LogP contribution < -0.4 is 14.8 Å². The highest BCUT2D eigenvalue weighted by Crippen LogP contribution is 2.28. The number of aromatic nitrogens is 2. The third kappa shape index (κ3) is 5.07. The van der Waals surface area contributed by atoms with E-state index in [-0.39, 0.29) is 5.82 Å². The van der Waals surface area contributed by atoms with E-state index in [0.29, 0.717) is 17.4 Å². The molecule has 130 valence electrons. The van der Waals surface area contributed by atoms with Crippen LogP contribution in [-0.4, -0.2) is 29.7 Å². The van der Waals surface area contributed by atoms with Gasteiger partial charge < -0.3 is 14.8 Å². The number of halogens is 1. The fourth-order valence-electron chi connectivity index (χ4n) is 1.96. The van der Waals surface area contributed by atoms with Crippen molar-refractivity contribution >= 4 is 33.9 Å². The van der Waals surface area contributed by atoms with Crippen molar-refractivity contribution in [3.63, 3.8) is 0 Å². The van der Waals surface area contributed by atoms with Crippen molar-refractivity contribution in [2.45, 2.75) is 4.34 Å². The third-order valence-electron chi connectivity index (χ3n) is 3.16. The summed E-state index contributed by atoms with van der Waals surface area (Å²) in [5, 5.41) is 11.6. The first-order chi connectivity index (χ1) is 12.2. The van der Waals surface area contributed by atoms with Gasteiger partial charge in [0, 0.05) is 5.75 Å². The van der Waals surface area contributed by atoms with Crippen LogP contribution in [0, 0.1) is 5.82 Å². The summed E-state index contributed by atoms with van der Waals surface area (Å²) in [5.41, 5.74) is 0.387. The third-order valence-corrected chi connectivity index (χ3v) is 5.10. The van der Waals surface area contributed by atoms with Gasteiger partial charge >= 0.3 is 0 Å². The molecule has 1 N–H and O–H groups in total. The number of hydrogen-bond donors (Lipinski definition) is 1. The van der Waals surface area contributed by atoms with Crippen LogP contribution in [0.5, 0.6) is 11.5 Å². The number of thioether (sulfide) groups is 1. The second-order valence-electron chi connectivity index (χ2n) is 4.85. The van der Waals surface area contributed by atoms with E-state index in [1.165, 1.54) is 17.4 Å². The molecule has 0 saturated carbocycles. The summed E-state index contributed by atoms with van der Waals surface area (Å²) in [6, 6.07) is 13.9. The molecule has 0 unspecified atom stereocenters. The van der Waals surface area contributed by atoms with Crippen LogP contribution in [0.4, 0.5) is 15.2 Å². The summed E-state index contributed by atoms with van der Waals surface area (Å²) in [5.74, 6) is 2.01. The molecule has 0 saturated heterocycles. The minimum Gasteiger partial charge on any atom is -0.497 e. The lowest BCUT2D eigenvalue weighted by atomic mass is 10.3. The van der Waals surface area contributed by atoms with Crippen LogP contribution in [-0.2, 0) is 0 Å². The Kier molecular flexibility index (Phi) is 6.08. The molecule has 5 nitrogen and oxygen atoms in total. The van der Waals surface area contributed by atoms with Crippen molar-refractivity contribution in [3.05, 3.63) is 54.3 Å². The maximum Gasteiger partial charge on any atom is 0.210 e. The van der Waals surface area contributed by atoms with Crippen molar-refractivity contribution in [1.82, 2.24) is 10.2 Å². The van der Waals surface area contributed by atoms with Gasteiger partial charge in [0.1, 0.15) is 17.3 Å². The number of benzene rings is 2. The number of nitrogens with one attached hydrogen (secondary N) is 1. The number of ether oxygens (including phenoxy) is 2. The Hall–Kier alpha value is -2.32. The van der Waals surface area contributed by atoms with E-state index >= 15 is 0 Å². The maximum atomic E-state index is 13.6. The van der Waals surface area contributed by atoms with Crippen LogP contribution in [0.1, 0.15) is 0 Å². The maximum absolute atomic E-state index is 13.6. The molecule has 1 heterocycles. The fraction of sp³-hybridized carbons (Fsp3) is 0.176. The van der Waals surface area contributed by atoms with E-state index < -0.39 is 0 Å². The van der Waals surface area contributed by atoms with E-state index in [1.54, 1.807) is 37.1 Å². The van der Waals surface area contributed by atoms with Gasteiger partial charge in [0.2, 0.25) is 5.13 Å². The quantitative estimate of drug-likeness (QED) is 0.457. The largest absolute Gasteiger partial charge is 0.497 e. The van der Waals surface area contributed by atoms with E-state index in [1.807, 2.05) is 24.3 Å². The molecular weight excluding hydrogens is 361 g/mol. The Morgan fingerprint density at radius 2 is 1.84 bits per heavy atom. The molecule has 0 fully saturated rings. The van der Waals surface area contributed by atoms with Gasteiger partial charge in [-0.2, -0.15) is 0 Å². The number of anilines is 2. The Labute approximate surface area is 153 Å². The second-order valence-corrected chi connectivity index (χ2v) is 7.17. The van der Waals surface area contributed by atoms with Gasteiger partial charge in [0.15, 0.2) is 4.34 Å². The molecule has 1 aromatic heterocycles. The van der Waals surface area contributed by atoms with Crippen LogP contribution in [0.25, 0.3) is 0 Å². The van der Waals surface area contributed by atoms with E-state index in [2.05, 4.69) is 15.5 Å². The highest BCUT2D eigenvalue weighted by atomic mass is 32.2. The van der Waals surface area contributed by atoms with Gasteiger partial charge in [-0.05, 0) is 36.4 Å². The normalized spacial score (nSPS) is 10.5. The molecule has 0 atom stereocenters. The molecule has 0 spiro atoms. The zero-order chi connectivity index (χ0) is 17.5. The molecule has 3 rings (SSSR count). The highest BCUT2D eigenvalue weighted by Gasteiger charge is 2.07. The van der Waals surface area contributed by atoms with Crippen molar-refractivity contribution in [1.29, 1.82) is 0 Å². The fourth-order valence-corrected chi connectivity index (χ4v) is 3.61.